The molecule has 7 heteroatoms. The number of rotatable bonds is 3. The van der Waals surface area contributed by atoms with Gasteiger partial charge in [-0.2, -0.15) is 0 Å². The molecule has 2 aromatic rings. The van der Waals surface area contributed by atoms with Crippen molar-refractivity contribution in [3.8, 4) is 5.75 Å². The van der Waals surface area contributed by atoms with E-state index in [1.807, 2.05) is 0 Å². The van der Waals surface area contributed by atoms with Crippen LogP contribution in [0.15, 0.2) is 58.4 Å². The molecule has 1 N–H and O–H groups in total. The quantitative estimate of drug-likeness (QED) is 0.663. The summed E-state index contributed by atoms with van der Waals surface area (Å²) in [6, 6.07) is 13.4. The van der Waals surface area contributed by atoms with Gasteiger partial charge in [0.25, 0.3) is 5.91 Å². The summed E-state index contributed by atoms with van der Waals surface area (Å²) in [4.78, 5) is 30.3. The molecule has 1 amide bonds. The van der Waals surface area contributed by atoms with E-state index in [0.29, 0.717) is 26.9 Å². The SMILES string of the molecule is COC(=O)c1ccc(N=C2S/C(=C\c3ccccc3O)C(=O)N2C)cc1. The smallest absolute Gasteiger partial charge is 0.337 e. The van der Waals surface area contributed by atoms with E-state index in [4.69, 9.17) is 0 Å². The average molecular weight is 368 g/mol. The molecule has 2 aromatic carbocycles. The van der Waals surface area contributed by atoms with Gasteiger partial charge in [0.2, 0.25) is 0 Å². The second-order valence-electron chi connectivity index (χ2n) is 5.47. The van der Waals surface area contributed by atoms with Crippen LogP contribution in [0.2, 0.25) is 0 Å². The van der Waals surface area contributed by atoms with Crippen molar-refractivity contribution >= 4 is 40.6 Å². The normalized spacial score (nSPS) is 17.2. The summed E-state index contributed by atoms with van der Waals surface area (Å²) >= 11 is 1.23. The Balaban J connectivity index is 1.85. The van der Waals surface area contributed by atoms with Crippen LogP contribution in [-0.4, -0.2) is 41.2 Å². The van der Waals surface area contributed by atoms with E-state index in [1.54, 1.807) is 61.7 Å². The number of hydrogen-bond donors (Lipinski definition) is 1. The van der Waals surface area contributed by atoms with E-state index in [9.17, 15) is 14.7 Å². The number of likely N-dealkylation sites (N-methyl/N-ethyl adjacent to an activating group) is 1. The summed E-state index contributed by atoms with van der Waals surface area (Å²) in [6.07, 6.45) is 1.64. The minimum absolute atomic E-state index is 0.111. The Morgan fingerprint density at radius 2 is 1.88 bits per heavy atom. The highest BCUT2D eigenvalue weighted by molar-refractivity contribution is 8.18. The van der Waals surface area contributed by atoms with Crippen molar-refractivity contribution in [2.75, 3.05) is 14.2 Å². The van der Waals surface area contributed by atoms with Crippen molar-refractivity contribution in [2.45, 2.75) is 0 Å². The van der Waals surface area contributed by atoms with Gasteiger partial charge in [0.1, 0.15) is 5.75 Å². The summed E-state index contributed by atoms with van der Waals surface area (Å²) in [5, 5.41) is 10.4. The van der Waals surface area contributed by atoms with Gasteiger partial charge in [-0.15, -0.1) is 0 Å². The number of ether oxygens (including phenoxy) is 1. The Hall–Kier alpha value is -3.06. The second-order valence-corrected chi connectivity index (χ2v) is 6.48. The van der Waals surface area contributed by atoms with Crippen molar-refractivity contribution in [3.05, 3.63) is 64.6 Å². The van der Waals surface area contributed by atoms with Crippen LogP contribution in [-0.2, 0) is 9.53 Å². The molecule has 0 aromatic heterocycles. The molecule has 3 rings (SSSR count). The summed E-state index contributed by atoms with van der Waals surface area (Å²) in [5.74, 6) is -0.498. The minimum Gasteiger partial charge on any atom is -0.507 e. The number of phenolic OH excluding ortho intramolecular Hbond substituents is 1. The fraction of sp³-hybridized carbons (Fsp3) is 0.105. The van der Waals surface area contributed by atoms with Gasteiger partial charge in [0.05, 0.1) is 23.3 Å². The van der Waals surface area contributed by atoms with E-state index in [2.05, 4.69) is 9.73 Å². The molecular weight excluding hydrogens is 352 g/mol. The van der Waals surface area contributed by atoms with E-state index in [-0.39, 0.29) is 11.7 Å². The zero-order valence-electron chi connectivity index (χ0n) is 14.2. The van der Waals surface area contributed by atoms with Gasteiger partial charge >= 0.3 is 5.97 Å². The molecule has 6 nitrogen and oxygen atoms in total. The number of hydrogen-bond acceptors (Lipinski definition) is 6. The van der Waals surface area contributed by atoms with Crippen LogP contribution in [0.4, 0.5) is 5.69 Å². The van der Waals surface area contributed by atoms with Crippen LogP contribution in [0.1, 0.15) is 15.9 Å². The molecule has 26 heavy (non-hydrogen) atoms. The number of phenols is 1. The van der Waals surface area contributed by atoms with Crippen molar-refractivity contribution in [3.63, 3.8) is 0 Å². The zero-order chi connectivity index (χ0) is 18.7. The number of para-hydroxylation sites is 1. The lowest BCUT2D eigenvalue weighted by Crippen LogP contribution is -2.23. The monoisotopic (exact) mass is 368 g/mol. The highest BCUT2D eigenvalue weighted by Crippen LogP contribution is 2.34. The predicted molar refractivity (Wildman–Crippen MR) is 101 cm³/mol. The number of aliphatic imine (C=N–C) groups is 1. The van der Waals surface area contributed by atoms with Crippen LogP contribution in [0.3, 0.4) is 0 Å². The molecule has 0 saturated carbocycles. The summed E-state index contributed by atoms with van der Waals surface area (Å²) in [6.45, 7) is 0. The number of aromatic hydroxyl groups is 1. The fourth-order valence-corrected chi connectivity index (χ4v) is 3.28. The lowest BCUT2D eigenvalue weighted by molar-refractivity contribution is -0.121. The third kappa shape index (κ3) is 3.62. The van der Waals surface area contributed by atoms with Crippen molar-refractivity contribution in [2.24, 2.45) is 4.99 Å². The molecule has 0 unspecified atom stereocenters. The Bertz CT molecular complexity index is 919. The highest BCUT2D eigenvalue weighted by atomic mass is 32.2. The highest BCUT2D eigenvalue weighted by Gasteiger charge is 2.30. The molecule has 1 aliphatic rings. The van der Waals surface area contributed by atoms with Crippen LogP contribution in [0.5, 0.6) is 5.75 Å². The first kappa shape index (κ1) is 17.8. The van der Waals surface area contributed by atoms with Gasteiger partial charge in [-0.05, 0) is 48.2 Å². The average Bonchev–Trinajstić information content (AvgIpc) is 2.91. The van der Waals surface area contributed by atoms with Gasteiger partial charge in [0.15, 0.2) is 5.17 Å². The van der Waals surface area contributed by atoms with Gasteiger partial charge in [-0.1, -0.05) is 18.2 Å². The van der Waals surface area contributed by atoms with Gasteiger partial charge in [-0.3, -0.25) is 9.69 Å². The Morgan fingerprint density at radius 1 is 1.19 bits per heavy atom. The number of thioether (sulfide) groups is 1. The molecule has 1 saturated heterocycles. The Morgan fingerprint density at radius 3 is 2.54 bits per heavy atom. The molecule has 1 heterocycles. The number of amidine groups is 1. The maximum atomic E-state index is 12.4. The minimum atomic E-state index is -0.417. The molecule has 0 aliphatic carbocycles. The predicted octanol–water partition coefficient (Wildman–Crippen LogP) is 3.41. The first-order valence-electron chi connectivity index (χ1n) is 7.72. The van der Waals surface area contributed by atoms with Gasteiger partial charge in [0, 0.05) is 12.6 Å². The van der Waals surface area contributed by atoms with Crippen LogP contribution in [0.25, 0.3) is 6.08 Å². The number of benzene rings is 2. The van der Waals surface area contributed by atoms with E-state index in [0.717, 1.165) is 0 Å². The van der Waals surface area contributed by atoms with Crippen LogP contribution < -0.4 is 0 Å². The largest absolute Gasteiger partial charge is 0.507 e. The van der Waals surface area contributed by atoms with E-state index >= 15 is 0 Å². The Labute approximate surface area is 154 Å². The third-order valence-electron chi connectivity index (χ3n) is 3.74. The Kier molecular flexibility index (Phi) is 5.09. The first-order chi connectivity index (χ1) is 12.5. The standard InChI is InChI=1S/C19H16N2O4S/c1-21-17(23)16(11-13-5-3-4-6-15(13)22)26-19(21)20-14-9-7-12(8-10-14)18(24)25-2/h3-11,22H,1-2H3/b16-11-,20-19?. The summed E-state index contributed by atoms with van der Waals surface area (Å²) in [5.41, 5.74) is 1.61. The maximum Gasteiger partial charge on any atom is 0.337 e. The topological polar surface area (TPSA) is 79.2 Å². The number of amides is 1. The lowest BCUT2D eigenvalue weighted by Gasteiger charge is -2.07. The van der Waals surface area contributed by atoms with Gasteiger partial charge in [-0.25, -0.2) is 9.79 Å². The van der Waals surface area contributed by atoms with E-state index in [1.165, 1.54) is 23.8 Å². The summed E-state index contributed by atoms with van der Waals surface area (Å²) in [7, 11) is 2.97. The molecule has 0 spiro atoms. The first-order valence-corrected chi connectivity index (χ1v) is 8.54. The fourth-order valence-electron chi connectivity index (χ4n) is 2.30. The van der Waals surface area contributed by atoms with Crippen molar-refractivity contribution in [1.82, 2.24) is 4.90 Å². The molecular formula is C19H16N2O4S. The zero-order valence-corrected chi connectivity index (χ0v) is 15.0. The van der Waals surface area contributed by atoms with Crippen LogP contribution >= 0.6 is 11.8 Å². The van der Waals surface area contributed by atoms with E-state index < -0.39 is 5.97 Å². The second kappa shape index (κ2) is 7.45. The van der Waals surface area contributed by atoms with Gasteiger partial charge < -0.3 is 9.84 Å². The molecule has 1 fully saturated rings. The number of nitrogens with zero attached hydrogens (tertiary/aromatic N) is 2. The molecule has 132 valence electrons. The molecule has 0 atom stereocenters. The maximum absolute atomic E-state index is 12.4. The number of esters is 1. The van der Waals surface area contributed by atoms with Crippen LogP contribution in [0, 0.1) is 0 Å². The lowest BCUT2D eigenvalue weighted by atomic mass is 10.2. The molecule has 0 bridgehead atoms. The number of methoxy groups -OCH3 is 1. The summed E-state index contributed by atoms with van der Waals surface area (Å²) < 4.78 is 4.66. The number of carbonyl (C=O) groups excluding carboxylic acids is 2. The number of carbonyl (C=O) groups is 2. The van der Waals surface area contributed by atoms with Crippen molar-refractivity contribution < 1.29 is 19.4 Å². The third-order valence-corrected chi connectivity index (χ3v) is 4.80. The van der Waals surface area contributed by atoms with Crippen molar-refractivity contribution in [1.29, 1.82) is 0 Å². The molecule has 1 aliphatic heterocycles. The molecule has 0 radical (unpaired) electrons.